The van der Waals surface area contributed by atoms with Crippen molar-refractivity contribution in [3.8, 4) is 0 Å². The number of carbonyl (C=O) groups is 1. The Morgan fingerprint density at radius 2 is 2.05 bits per heavy atom. The van der Waals surface area contributed by atoms with Crippen LogP contribution in [0.4, 0.5) is 0 Å². The van der Waals surface area contributed by atoms with E-state index in [1.54, 1.807) is 17.3 Å². The van der Waals surface area contributed by atoms with E-state index >= 15 is 0 Å². The van der Waals surface area contributed by atoms with E-state index in [1.807, 2.05) is 30.3 Å². The molecule has 102 valence electrons. The first-order valence-electron chi connectivity index (χ1n) is 6.55. The van der Waals surface area contributed by atoms with Crippen LogP contribution in [0, 0.1) is 6.92 Å². The van der Waals surface area contributed by atoms with Gasteiger partial charge in [0.15, 0.2) is 0 Å². The lowest BCUT2D eigenvalue weighted by molar-refractivity contribution is -0.127. The molecule has 1 aromatic heterocycles. The highest BCUT2D eigenvalue weighted by atomic mass is 16.2. The molecule has 0 bridgehead atoms. The second-order valence-corrected chi connectivity index (χ2v) is 4.69. The van der Waals surface area contributed by atoms with Crippen molar-refractivity contribution >= 4 is 5.91 Å². The van der Waals surface area contributed by atoms with Gasteiger partial charge in [0.05, 0.1) is 0 Å². The molecule has 0 aliphatic heterocycles. The van der Waals surface area contributed by atoms with E-state index in [0.29, 0.717) is 13.1 Å². The van der Waals surface area contributed by atoms with Gasteiger partial charge in [-0.2, -0.15) is 0 Å². The number of aromatic nitrogens is 1. The molecule has 1 aromatic carbocycles. The van der Waals surface area contributed by atoms with Gasteiger partial charge in [-0.3, -0.25) is 9.78 Å². The van der Waals surface area contributed by atoms with Crippen LogP contribution in [0.5, 0.6) is 0 Å². The van der Waals surface area contributed by atoms with Crippen LogP contribution in [0.3, 0.4) is 0 Å². The molecule has 0 fully saturated rings. The van der Waals surface area contributed by atoms with Crippen LogP contribution < -0.4 is 0 Å². The van der Waals surface area contributed by atoms with Crippen molar-refractivity contribution < 1.29 is 4.79 Å². The average Bonchev–Trinajstić information content (AvgIpc) is 2.49. The van der Waals surface area contributed by atoms with E-state index in [1.165, 1.54) is 11.6 Å². The minimum absolute atomic E-state index is 0.0721. The van der Waals surface area contributed by atoms with Crippen LogP contribution in [0.2, 0.25) is 0 Å². The van der Waals surface area contributed by atoms with Crippen molar-refractivity contribution in [1.82, 2.24) is 9.88 Å². The van der Waals surface area contributed by atoms with Gasteiger partial charge < -0.3 is 4.90 Å². The third kappa shape index (κ3) is 3.54. The zero-order valence-corrected chi connectivity index (χ0v) is 11.6. The third-order valence-corrected chi connectivity index (χ3v) is 3.20. The van der Waals surface area contributed by atoms with Crippen molar-refractivity contribution in [2.45, 2.75) is 20.0 Å². The summed E-state index contributed by atoms with van der Waals surface area (Å²) in [7, 11) is 0. The highest BCUT2D eigenvalue weighted by Gasteiger charge is 2.12. The summed E-state index contributed by atoms with van der Waals surface area (Å²) in [6.45, 7) is 6.74. The molecular weight excluding hydrogens is 248 g/mol. The lowest BCUT2D eigenvalue weighted by Gasteiger charge is -2.22. The molecule has 0 saturated heterocycles. The minimum atomic E-state index is -0.0721. The van der Waals surface area contributed by atoms with Crippen LogP contribution in [-0.2, 0) is 17.9 Å². The lowest BCUT2D eigenvalue weighted by atomic mass is 10.1. The molecule has 3 heteroatoms. The topological polar surface area (TPSA) is 33.2 Å². The first kappa shape index (κ1) is 14.0. The van der Waals surface area contributed by atoms with Gasteiger partial charge in [-0.1, -0.05) is 36.9 Å². The van der Waals surface area contributed by atoms with Crippen LogP contribution in [0.15, 0.2) is 61.4 Å². The maximum Gasteiger partial charge on any atom is 0.246 e. The lowest BCUT2D eigenvalue weighted by Crippen LogP contribution is -2.28. The fraction of sp³-hybridized carbons (Fsp3) is 0.176. The van der Waals surface area contributed by atoms with Gasteiger partial charge in [-0.25, -0.2) is 0 Å². The summed E-state index contributed by atoms with van der Waals surface area (Å²) in [5.74, 6) is -0.0721. The fourth-order valence-corrected chi connectivity index (χ4v) is 2.05. The molecule has 0 atom stereocenters. The van der Waals surface area contributed by atoms with Gasteiger partial charge >= 0.3 is 0 Å². The zero-order valence-electron chi connectivity index (χ0n) is 11.6. The summed E-state index contributed by atoms with van der Waals surface area (Å²) in [4.78, 5) is 17.9. The number of rotatable bonds is 5. The maximum atomic E-state index is 12.0. The average molecular weight is 266 g/mol. The number of hydrogen-bond acceptors (Lipinski definition) is 2. The minimum Gasteiger partial charge on any atom is -0.330 e. The molecule has 20 heavy (non-hydrogen) atoms. The number of carbonyl (C=O) groups excluding carboxylic acids is 1. The van der Waals surface area contributed by atoms with Crippen molar-refractivity contribution in [1.29, 1.82) is 0 Å². The Labute approximate surface area is 119 Å². The third-order valence-electron chi connectivity index (χ3n) is 3.20. The SMILES string of the molecule is C=CC(=O)N(Cc1cccnc1)Cc1ccccc1C. The number of benzene rings is 1. The largest absolute Gasteiger partial charge is 0.330 e. The molecule has 0 aliphatic rings. The predicted molar refractivity (Wildman–Crippen MR) is 79.9 cm³/mol. The standard InChI is InChI=1S/C17H18N2O/c1-3-17(20)19(12-15-8-6-10-18-11-15)13-16-9-5-4-7-14(16)2/h3-11H,1,12-13H2,2H3. The Balaban J connectivity index is 2.18. The van der Waals surface area contributed by atoms with Gasteiger partial charge in [-0.05, 0) is 35.8 Å². The van der Waals surface area contributed by atoms with E-state index in [2.05, 4.69) is 24.6 Å². The van der Waals surface area contributed by atoms with E-state index in [0.717, 1.165) is 11.1 Å². The van der Waals surface area contributed by atoms with Crippen molar-refractivity contribution in [2.24, 2.45) is 0 Å². The Morgan fingerprint density at radius 1 is 1.25 bits per heavy atom. The number of aryl methyl sites for hydroxylation is 1. The van der Waals surface area contributed by atoms with E-state index < -0.39 is 0 Å². The summed E-state index contributed by atoms with van der Waals surface area (Å²) in [6.07, 6.45) is 4.86. The number of amides is 1. The van der Waals surface area contributed by atoms with Gasteiger partial charge in [0.1, 0.15) is 0 Å². The number of hydrogen-bond donors (Lipinski definition) is 0. The monoisotopic (exact) mass is 266 g/mol. The number of nitrogens with zero attached hydrogens (tertiary/aromatic N) is 2. The maximum absolute atomic E-state index is 12.0. The molecule has 2 aromatic rings. The quantitative estimate of drug-likeness (QED) is 0.779. The predicted octanol–water partition coefficient (Wildman–Crippen LogP) is 3.10. The molecule has 3 nitrogen and oxygen atoms in total. The van der Waals surface area contributed by atoms with E-state index in [9.17, 15) is 4.79 Å². The fourth-order valence-electron chi connectivity index (χ4n) is 2.05. The van der Waals surface area contributed by atoms with Crippen LogP contribution in [-0.4, -0.2) is 15.8 Å². The molecule has 1 amide bonds. The Kier molecular flexibility index (Phi) is 4.66. The molecule has 1 heterocycles. The molecule has 0 unspecified atom stereocenters. The second kappa shape index (κ2) is 6.66. The van der Waals surface area contributed by atoms with E-state index in [4.69, 9.17) is 0 Å². The zero-order chi connectivity index (χ0) is 14.4. The Morgan fingerprint density at radius 3 is 2.70 bits per heavy atom. The molecule has 0 radical (unpaired) electrons. The molecule has 0 N–H and O–H groups in total. The van der Waals surface area contributed by atoms with Crippen LogP contribution >= 0.6 is 0 Å². The summed E-state index contributed by atoms with van der Waals surface area (Å²) < 4.78 is 0. The van der Waals surface area contributed by atoms with Gasteiger partial charge in [0, 0.05) is 25.5 Å². The number of pyridine rings is 1. The summed E-state index contributed by atoms with van der Waals surface area (Å²) >= 11 is 0. The smallest absolute Gasteiger partial charge is 0.246 e. The van der Waals surface area contributed by atoms with E-state index in [-0.39, 0.29) is 5.91 Å². The first-order chi connectivity index (χ1) is 9.70. The molecule has 0 aliphatic carbocycles. The Hall–Kier alpha value is -2.42. The van der Waals surface area contributed by atoms with Gasteiger partial charge in [0.25, 0.3) is 0 Å². The van der Waals surface area contributed by atoms with Crippen molar-refractivity contribution in [2.75, 3.05) is 0 Å². The normalized spacial score (nSPS) is 10.1. The molecule has 0 saturated carbocycles. The highest BCUT2D eigenvalue weighted by molar-refractivity contribution is 5.86. The van der Waals surface area contributed by atoms with Gasteiger partial charge in [0.2, 0.25) is 5.91 Å². The van der Waals surface area contributed by atoms with Gasteiger partial charge in [-0.15, -0.1) is 0 Å². The Bertz CT molecular complexity index is 593. The molecule has 2 rings (SSSR count). The molecule has 0 spiro atoms. The van der Waals surface area contributed by atoms with Crippen molar-refractivity contribution in [3.63, 3.8) is 0 Å². The van der Waals surface area contributed by atoms with Crippen molar-refractivity contribution in [3.05, 3.63) is 78.1 Å². The first-order valence-corrected chi connectivity index (χ1v) is 6.55. The highest BCUT2D eigenvalue weighted by Crippen LogP contribution is 2.13. The summed E-state index contributed by atoms with van der Waals surface area (Å²) in [5.41, 5.74) is 3.34. The second-order valence-electron chi connectivity index (χ2n) is 4.69. The summed E-state index contributed by atoms with van der Waals surface area (Å²) in [6, 6.07) is 11.9. The molecular formula is C17H18N2O. The van der Waals surface area contributed by atoms with Crippen LogP contribution in [0.25, 0.3) is 0 Å². The summed E-state index contributed by atoms with van der Waals surface area (Å²) in [5, 5.41) is 0. The van der Waals surface area contributed by atoms with Crippen LogP contribution in [0.1, 0.15) is 16.7 Å².